The number of oxime groups is 1. The molecule has 1 aromatic heterocycles. The van der Waals surface area contributed by atoms with E-state index in [1.807, 2.05) is 6.07 Å². The molecule has 0 bridgehead atoms. The van der Waals surface area contributed by atoms with E-state index in [-0.39, 0.29) is 5.15 Å². The zero-order valence-corrected chi connectivity index (χ0v) is 10.0. The van der Waals surface area contributed by atoms with Gasteiger partial charge >= 0.3 is 0 Å². The minimum absolute atomic E-state index is 0.275. The lowest BCUT2D eigenvalue weighted by Gasteiger charge is -2.18. The molecular formula is C12H9ClN2O3. The highest BCUT2D eigenvalue weighted by atomic mass is 35.5. The van der Waals surface area contributed by atoms with E-state index in [4.69, 9.17) is 26.3 Å². The number of aromatic nitrogens is 1. The van der Waals surface area contributed by atoms with Gasteiger partial charge in [-0.25, -0.2) is 4.98 Å². The van der Waals surface area contributed by atoms with Crippen LogP contribution < -0.4 is 9.47 Å². The summed E-state index contributed by atoms with van der Waals surface area (Å²) in [6.45, 7) is 1.06. The van der Waals surface area contributed by atoms with Crippen molar-refractivity contribution in [3.63, 3.8) is 0 Å². The Kier molecular flexibility index (Phi) is 2.68. The summed E-state index contributed by atoms with van der Waals surface area (Å²) in [5.41, 5.74) is 1.25. The van der Waals surface area contributed by atoms with Gasteiger partial charge in [0, 0.05) is 17.0 Å². The Balaban J connectivity index is 2.21. The lowest BCUT2D eigenvalue weighted by Crippen LogP contribution is -2.15. The third-order valence-electron chi connectivity index (χ3n) is 2.66. The highest BCUT2D eigenvalue weighted by Crippen LogP contribution is 2.34. The zero-order chi connectivity index (χ0) is 12.5. The predicted octanol–water partition coefficient (Wildman–Crippen LogP) is 2.47. The van der Waals surface area contributed by atoms with Crippen molar-refractivity contribution in [1.29, 1.82) is 0 Å². The van der Waals surface area contributed by atoms with Crippen LogP contribution in [0.3, 0.4) is 0 Å². The number of halogens is 1. The van der Waals surface area contributed by atoms with Crippen LogP contribution >= 0.6 is 11.6 Å². The Morgan fingerprint density at radius 2 is 1.94 bits per heavy atom. The van der Waals surface area contributed by atoms with Crippen molar-refractivity contribution in [3.8, 4) is 11.5 Å². The number of rotatable bonds is 1. The average molecular weight is 265 g/mol. The normalized spacial score (nSPS) is 14.3. The van der Waals surface area contributed by atoms with Crippen molar-refractivity contribution in [2.75, 3.05) is 13.2 Å². The summed E-state index contributed by atoms with van der Waals surface area (Å²) in [5, 5.41) is 12.6. The standard InChI is InChI=1S/C12H9ClN2O3/c13-12-8(6-14-16)3-7-4-10-11(5-9(7)15-12)18-2-1-17-10/h3-6,16H,1-2H2/b14-6-. The maximum atomic E-state index is 8.55. The number of nitrogens with zero attached hydrogens (tertiary/aromatic N) is 2. The van der Waals surface area contributed by atoms with E-state index in [0.717, 1.165) is 5.39 Å². The van der Waals surface area contributed by atoms with Gasteiger partial charge in [0.1, 0.15) is 18.4 Å². The van der Waals surface area contributed by atoms with Gasteiger partial charge in [0.15, 0.2) is 11.5 Å². The van der Waals surface area contributed by atoms with E-state index in [1.165, 1.54) is 6.21 Å². The van der Waals surface area contributed by atoms with Gasteiger partial charge in [0.25, 0.3) is 0 Å². The highest BCUT2D eigenvalue weighted by Gasteiger charge is 2.14. The maximum absolute atomic E-state index is 8.55. The molecule has 2 heterocycles. The number of pyridine rings is 1. The summed E-state index contributed by atoms with van der Waals surface area (Å²) in [5.74, 6) is 1.35. The van der Waals surface area contributed by atoms with Gasteiger partial charge in [0.2, 0.25) is 0 Å². The van der Waals surface area contributed by atoms with Crippen LogP contribution in [0.15, 0.2) is 23.4 Å². The van der Waals surface area contributed by atoms with Crippen LogP contribution in [0, 0.1) is 0 Å². The van der Waals surface area contributed by atoms with Gasteiger partial charge in [-0.05, 0) is 12.1 Å². The molecule has 0 spiro atoms. The molecule has 0 unspecified atom stereocenters. The topological polar surface area (TPSA) is 63.9 Å². The van der Waals surface area contributed by atoms with Crippen LogP contribution in [-0.4, -0.2) is 29.6 Å². The molecule has 1 aliphatic rings. The van der Waals surface area contributed by atoms with Gasteiger partial charge in [-0.3, -0.25) is 0 Å². The van der Waals surface area contributed by atoms with Crippen molar-refractivity contribution in [3.05, 3.63) is 28.9 Å². The third-order valence-corrected chi connectivity index (χ3v) is 2.96. The fourth-order valence-corrected chi connectivity index (χ4v) is 2.05. The molecule has 0 saturated heterocycles. The fraction of sp³-hybridized carbons (Fsp3) is 0.167. The second-order valence-electron chi connectivity index (χ2n) is 3.80. The molecule has 0 radical (unpaired) electrons. The fourth-order valence-electron chi connectivity index (χ4n) is 1.86. The summed E-state index contributed by atoms with van der Waals surface area (Å²) in [6, 6.07) is 5.40. The predicted molar refractivity (Wildman–Crippen MR) is 67.1 cm³/mol. The van der Waals surface area contributed by atoms with Gasteiger partial charge in [-0.1, -0.05) is 16.8 Å². The summed E-state index contributed by atoms with van der Waals surface area (Å²) < 4.78 is 11.0. The molecule has 3 rings (SSSR count). The van der Waals surface area contributed by atoms with E-state index in [2.05, 4.69) is 10.1 Å². The van der Waals surface area contributed by atoms with Crippen molar-refractivity contribution in [1.82, 2.24) is 4.98 Å². The second-order valence-corrected chi connectivity index (χ2v) is 4.16. The molecule has 2 aromatic rings. The van der Waals surface area contributed by atoms with Crippen LogP contribution in [0.25, 0.3) is 10.9 Å². The molecular weight excluding hydrogens is 256 g/mol. The number of fused-ring (bicyclic) bond motifs is 2. The van der Waals surface area contributed by atoms with Crippen molar-refractivity contribution < 1.29 is 14.7 Å². The molecule has 18 heavy (non-hydrogen) atoms. The van der Waals surface area contributed by atoms with E-state index in [0.29, 0.717) is 35.8 Å². The third kappa shape index (κ3) is 1.82. The molecule has 0 fully saturated rings. The first-order chi connectivity index (χ1) is 8.78. The molecule has 92 valence electrons. The Morgan fingerprint density at radius 1 is 1.22 bits per heavy atom. The smallest absolute Gasteiger partial charge is 0.163 e. The molecule has 6 heteroatoms. The number of hydrogen-bond donors (Lipinski definition) is 1. The molecule has 0 amide bonds. The van der Waals surface area contributed by atoms with Crippen molar-refractivity contribution in [2.24, 2.45) is 5.16 Å². The SMILES string of the molecule is O/N=C\c1cc2cc3c(cc2nc1Cl)OCCO3. The Hall–Kier alpha value is -2.01. The summed E-state index contributed by atoms with van der Waals surface area (Å²) in [6.07, 6.45) is 1.24. The number of benzene rings is 1. The second kappa shape index (κ2) is 4.34. The summed E-state index contributed by atoms with van der Waals surface area (Å²) >= 11 is 5.98. The zero-order valence-electron chi connectivity index (χ0n) is 9.26. The minimum Gasteiger partial charge on any atom is -0.486 e. The van der Waals surface area contributed by atoms with Crippen LogP contribution in [0.4, 0.5) is 0 Å². The van der Waals surface area contributed by atoms with Crippen LogP contribution in [0.1, 0.15) is 5.56 Å². The molecule has 5 nitrogen and oxygen atoms in total. The highest BCUT2D eigenvalue weighted by molar-refractivity contribution is 6.32. The van der Waals surface area contributed by atoms with E-state index >= 15 is 0 Å². The Bertz CT molecular complexity index is 643. The minimum atomic E-state index is 0.275. The molecule has 1 aliphatic heterocycles. The lowest BCUT2D eigenvalue weighted by atomic mass is 10.1. The first-order valence-corrected chi connectivity index (χ1v) is 5.73. The van der Waals surface area contributed by atoms with Gasteiger partial charge in [0.05, 0.1) is 11.7 Å². The van der Waals surface area contributed by atoms with E-state index in [1.54, 1.807) is 12.1 Å². The van der Waals surface area contributed by atoms with Crippen LogP contribution in [0.5, 0.6) is 11.5 Å². The van der Waals surface area contributed by atoms with E-state index < -0.39 is 0 Å². The monoisotopic (exact) mass is 264 g/mol. The van der Waals surface area contributed by atoms with Gasteiger partial charge in [-0.15, -0.1) is 0 Å². The summed E-state index contributed by atoms with van der Waals surface area (Å²) in [4.78, 5) is 4.23. The molecule has 0 saturated carbocycles. The first kappa shape index (κ1) is 11.1. The molecule has 1 N–H and O–H groups in total. The van der Waals surface area contributed by atoms with Crippen LogP contribution in [-0.2, 0) is 0 Å². The number of hydrogen-bond acceptors (Lipinski definition) is 5. The van der Waals surface area contributed by atoms with Crippen LogP contribution in [0.2, 0.25) is 5.15 Å². The maximum Gasteiger partial charge on any atom is 0.163 e. The Morgan fingerprint density at radius 3 is 2.67 bits per heavy atom. The average Bonchev–Trinajstić information content (AvgIpc) is 2.38. The number of ether oxygens (including phenoxy) is 2. The van der Waals surface area contributed by atoms with E-state index in [9.17, 15) is 0 Å². The van der Waals surface area contributed by atoms with Crippen molar-refractivity contribution >= 4 is 28.7 Å². The first-order valence-electron chi connectivity index (χ1n) is 5.35. The largest absolute Gasteiger partial charge is 0.486 e. The quantitative estimate of drug-likeness (QED) is 0.372. The van der Waals surface area contributed by atoms with Gasteiger partial charge in [-0.2, -0.15) is 0 Å². The molecule has 0 atom stereocenters. The molecule has 0 aliphatic carbocycles. The van der Waals surface area contributed by atoms with Crippen molar-refractivity contribution in [2.45, 2.75) is 0 Å². The Labute approximate surface area is 108 Å². The lowest BCUT2D eigenvalue weighted by molar-refractivity contribution is 0.172. The summed E-state index contributed by atoms with van der Waals surface area (Å²) in [7, 11) is 0. The van der Waals surface area contributed by atoms with Gasteiger partial charge < -0.3 is 14.7 Å². The molecule has 1 aromatic carbocycles.